The van der Waals surface area contributed by atoms with E-state index >= 15 is 0 Å². The molecule has 1 amide bonds. The monoisotopic (exact) mass is 433 g/mol. The molecule has 0 fully saturated rings. The molecule has 5 nitrogen and oxygen atoms in total. The number of halogens is 4. The van der Waals surface area contributed by atoms with Gasteiger partial charge in [0, 0.05) is 41.3 Å². The Morgan fingerprint density at radius 1 is 1.33 bits per heavy atom. The Kier molecular flexibility index (Phi) is 8.66. The minimum Gasteiger partial charge on any atom is -0.321 e. The van der Waals surface area contributed by atoms with E-state index in [0.717, 1.165) is 17.8 Å². The Hall–Kier alpha value is -3.57. The number of pyridine rings is 2. The summed E-state index contributed by atoms with van der Waals surface area (Å²) in [7, 11) is 0. The molecule has 2 aromatic heterocycles. The molecule has 0 unspecified atom stereocenters. The van der Waals surface area contributed by atoms with Crippen LogP contribution in [0.2, 0.25) is 0 Å². The lowest BCUT2D eigenvalue weighted by atomic mass is 10.2. The van der Waals surface area contributed by atoms with E-state index in [4.69, 9.17) is 11.6 Å². The number of hydrogen-bond donors (Lipinski definition) is 1. The zero-order valence-electron chi connectivity index (χ0n) is 15.4. The molecule has 0 aromatic carbocycles. The Morgan fingerprint density at radius 3 is 2.73 bits per heavy atom. The minimum absolute atomic E-state index is 0.1000. The quantitative estimate of drug-likeness (QED) is 0.427. The van der Waals surface area contributed by atoms with Gasteiger partial charge in [0.2, 0.25) is 0 Å². The van der Waals surface area contributed by atoms with Gasteiger partial charge >= 0.3 is 0 Å². The van der Waals surface area contributed by atoms with Crippen LogP contribution in [0.4, 0.5) is 18.9 Å². The number of nitrogens with zero attached hydrogens (tertiary/aromatic N) is 2. The van der Waals surface area contributed by atoms with E-state index in [1.54, 1.807) is 24.5 Å². The number of amides is 1. The number of allylic oxidation sites excluding steroid dienone is 3. The van der Waals surface area contributed by atoms with E-state index in [2.05, 4.69) is 22.1 Å². The van der Waals surface area contributed by atoms with Crippen LogP contribution in [0, 0.1) is 17.7 Å². The smallest absolute Gasteiger partial charge is 0.286 e. The molecule has 2 aromatic rings. The Balaban J connectivity index is 2.22. The van der Waals surface area contributed by atoms with E-state index in [0.29, 0.717) is 4.57 Å². The zero-order valence-corrected chi connectivity index (χ0v) is 16.1. The molecule has 2 heterocycles. The summed E-state index contributed by atoms with van der Waals surface area (Å²) in [5, 5.41) is 2.35. The van der Waals surface area contributed by atoms with Crippen LogP contribution < -0.4 is 10.9 Å². The van der Waals surface area contributed by atoms with Crippen LogP contribution in [-0.2, 0) is 11.3 Å². The van der Waals surface area contributed by atoms with Gasteiger partial charge in [-0.05, 0) is 30.4 Å². The standard InChI is InChI=1S/C21H15ClF3N3O2/c22-9-3-6-16(5-2-1-4-15-7-10-26-11-8-15)20(29)27-17-12-18(23)21(30)28(13-17)14-19(24)25/h2-3,5-13,19H,14H2,(H,27,29)/b5-2+,9-3+,16-6+. The van der Waals surface area contributed by atoms with Crippen LogP contribution in [0.3, 0.4) is 0 Å². The first-order chi connectivity index (χ1) is 14.4. The predicted octanol–water partition coefficient (Wildman–Crippen LogP) is 3.87. The van der Waals surface area contributed by atoms with Crippen LogP contribution in [0.15, 0.2) is 77.0 Å². The van der Waals surface area contributed by atoms with Crippen LogP contribution >= 0.6 is 11.6 Å². The van der Waals surface area contributed by atoms with Gasteiger partial charge in [0.05, 0.1) is 12.2 Å². The van der Waals surface area contributed by atoms with Gasteiger partial charge in [0.15, 0.2) is 5.82 Å². The minimum atomic E-state index is -2.86. The maximum atomic E-state index is 13.7. The highest BCUT2D eigenvalue weighted by atomic mass is 35.5. The fourth-order valence-electron chi connectivity index (χ4n) is 2.19. The number of carbonyl (C=O) groups is 1. The lowest BCUT2D eigenvalue weighted by Crippen LogP contribution is -2.26. The van der Waals surface area contributed by atoms with Crippen molar-refractivity contribution in [2.75, 3.05) is 5.32 Å². The van der Waals surface area contributed by atoms with Crippen molar-refractivity contribution in [1.82, 2.24) is 9.55 Å². The third-order valence-corrected chi connectivity index (χ3v) is 3.63. The van der Waals surface area contributed by atoms with Gasteiger partial charge in [-0.2, -0.15) is 0 Å². The number of hydrogen-bond acceptors (Lipinski definition) is 3. The van der Waals surface area contributed by atoms with Crippen molar-refractivity contribution >= 4 is 23.2 Å². The molecule has 0 saturated heterocycles. The second kappa shape index (κ2) is 11.4. The van der Waals surface area contributed by atoms with E-state index < -0.39 is 30.3 Å². The van der Waals surface area contributed by atoms with Gasteiger partial charge in [-0.1, -0.05) is 29.5 Å². The van der Waals surface area contributed by atoms with E-state index in [-0.39, 0.29) is 11.3 Å². The summed E-state index contributed by atoms with van der Waals surface area (Å²) in [6, 6.07) is 4.18. The zero-order chi connectivity index (χ0) is 21.9. The molecule has 0 spiro atoms. The second-order valence-electron chi connectivity index (χ2n) is 5.66. The van der Waals surface area contributed by atoms with Crippen LogP contribution in [-0.4, -0.2) is 21.9 Å². The summed E-state index contributed by atoms with van der Waals surface area (Å²) in [6.07, 6.45) is 6.83. The number of rotatable bonds is 6. The van der Waals surface area contributed by atoms with E-state index in [9.17, 15) is 22.8 Å². The molecule has 0 aliphatic heterocycles. The summed E-state index contributed by atoms with van der Waals surface area (Å²) in [5.74, 6) is 3.64. The number of anilines is 1. The summed E-state index contributed by atoms with van der Waals surface area (Å²) in [4.78, 5) is 28.0. The summed E-state index contributed by atoms with van der Waals surface area (Å²) in [5.41, 5.74) is 0.631. The van der Waals surface area contributed by atoms with Crippen molar-refractivity contribution < 1.29 is 18.0 Å². The van der Waals surface area contributed by atoms with Crippen molar-refractivity contribution in [2.45, 2.75) is 13.0 Å². The highest BCUT2D eigenvalue weighted by molar-refractivity contribution is 6.25. The average Bonchev–Trinajstić information content (AvgIpc) is 2.71. The molecule has 2 rings (SSSR count). The Bertz CT molecular complexity index is 1100. The molecule has 0 bridgehead atoms. The first kappa shape index (κ1) is 22.7. The molecule has 1 N–H and O–H groups in total. The topological polar surface area (TPSA) is 64.0 Å². The van der Waals surface area contributed by atoms with Crippen LogP contribution in [0.1, 0.15) is 5.56 Å². The largest absolute Gasteiger partial charge is 0.321 e. The SMILES string of the molecule is O=C(Nc1cc(F)c(=O)n(CC(F)F)c1)C(/C=C/C#Cc1ccncc1)=C/C=C/Cl. The van der Waals surface area contributed by atoms with Crippen LogP contribution in [0.5, 0.6) is 0 Å². The number of carbonyl (C=O) groups excluding carboxylic acids is 1. The number of alkyl halides is 2. The molecule has 154 valence electrons. The first-order valence-corrected chi connectivity index (χ1v) is 8.89. The molecule has 30 heavy (non-hydrogen) atoms. The summed E-state index contributed by atoms with van der Waals surface area (Å²) >= 11 is 5.49. The normalized spacial score (nSPS) is 11.7. The second-order valence-corrected chi connectivity index (χ2v) is 5.91. The van der Waals surface area contributed by atoms with Crippen LogP contribution in [0.25, 0.3) is 0 Å². The van der Waals surface area contributed by atoms with Gasteiger partial charge in [-0.3, -0.25) is 14.6 Å². The van der Waals surface area contributed by atoms with Crippen molar-refractivity contribution in [3.63, 3.8) is 0 Å². The number of aromatic nitrogens is 2. The highest BCUT2D eigenvalue weighted by Crippen LogP contribution is 2.11. The fraction of sp³-hybridized carbons (Fsp3) is 0.0952. The van der Waals surface area contributed by atoms with Gasteiger partial charge in [-0.15, -0.1) is 0 Å². The molecule has 0 aliphatic carbocycles. The third kappa shape index (κ3) is 7.11. The molecule has 0 aliphatic rings. The van der Waals surface area contributed by atoms with Crippen molar-refractivity contribution in [3.05, 3.63) is 93.9 Å². The molecular weight excluding hydrogens is 419 g/mol. The average molecular weight is 434 g/mol. The van der Waals surface area contributed by atoms with Gasteiger partial charge in [0.25, 0.3) is 17.9 Å². The summed E-state index contributed by atoms with van der Waals surface area (Å²) < 4.78 is 39.4. The molecule has 0 saturated carbocycles. The van der Waals surface area contributed by atoms with E-state index in [1.165, 1.54) is 29.8 Å². The van der Waals surface area contributed by atoms with E-state index in [1.807, 2.05) is 0 Å². The van der Waals surface area contributed by atoms with Crippen molar-refractivity contribution in [2.24, 2.45) is 0 Å². The molecule has 0 atom stereocenters. The van der Waals surface area contributed by atoms with Crippen molar-refractivity contribution in [3.8, 4) is 11.8 Å². The number of nitrogens with one attached hydrogen (secondary N) is 1. The Morgan fingerprint density at radius 2 is 2.07 bits per heavy atom. The fourth-order valence-corrected chi connectivity index (χ4v) is 2.27. The molecule has 9 heteroatoms. The molecule has 0 radical (unpaired) electrons. The summed E-state index contributed by atoms with van der Waals surface area (Å²) in [6.45, 7) is -0.998. The lowest BCUT2D eigenvalue weighted by Gasteiger charge is -2.10. The van der Waals surface area contributed by atoms with Gasteiger partial charge < -0.3 is 9.88 Å². The maximum absolute atomic E-state index is 13.7. The highest BCUT2D eigenvalue weighted by Gasteiger charge is 2.13. The first-order valence-electron chi connectivity index (χ1n) is 8.45. The maximum Gasteiger partial charge on any atom is 0.286 e. The van der Waals surface area contributed by atoms with Gasteiger partial charge in [-0.25, -0.2) is 13.2 Å². The third-order valence-electron chi connectivity index (χ3n) is 3.49. The Labute approximate surface area is 175 Å². The predicted molar refractivity (Wildman–Crippen MR) is 109 cm³/mol. The van der Waals surface area contributed by atoms with Gasteiger partial charge in [0.1, 0.15) is 0 Å². The molecular formula is C21H15ClF3N3O2. The van der Waals surface area contributed by atoms with Crippen molar-refractivity contribution in [1.29, 1.82) is 0 Å². The lowest BCUT2D eigenvalue weighted by molar-refractivity contribution is -0.112.